The Bertz CT molecular complexity index is 1240. The molecule has 1 aliphatic rings. The molecule has 2 N–H and O–H groups in total. The second-order valence-corrected chi connectivity index (χ2v) is 10.9. The topological polar surface area (TPSA) is 128 Å². The molecule has 0 unspecified atom stereocenters. The molecule has 1 amide bonds. The number of rotatable bonds is 12. The Morgan fingerprint density at radius 2 is 1.79 bits per heavy atom. The molecule has 1 fully saturated rings. The molecule has 0 bridgehead atoms. The molecule has 11 heteroatoms. The van der Waals surface area contributed by atoms with E-state index in [0.29, 0.717) is 18.6 Å². The van der Waals surface area contributed by atoms with E-state index in [1.807, 2.05) is 30.3 Å². The smallest absolute Gasteiger partial charge is 0.413 e. The van der Waals surface area contributed by atoms with Crippen LogP contribution in [0.25, 0.3) is 0 Å². The maximum Gasteiger partial charge on any atom is 0.413 e. The molecule has 0 saturated heterocycles. The van der Waals surface area contributed by atoms with E-state index < -0.39 is 34.8 Å². The Morgan fingerprint density at radius 3 is 2.42 bits per heavy atom. The van der Waals surface area contributed by atoms with Gasteiger partial charge in [-0.25, -0.2) is 13.2 Å². The summed E-state index contributed by atoms with van der Waals surface area (Å²) in [6.07, 6.45) is 3.71. The van der Waals surface area contributed by atoms with Crippen LogP contribution in [0.2, 0.25) is 0 Å². The van der Waals surface area contributed by atoms with Gasteiger partial charge in [-0.1, -0.05) is 47.6 Å². The van der Waals surface area contributed by atoms with E-state index in [2.05, 4.69) is 5.32 Å². The van der Waals surface area contributed by atoms with Crippen LogP contribution in [0.1, 0.15) is 31.2 Å². The van der Waals surface area contributed by atoms with Crippen LogP contribution in [0.15, 0.2) is 82.5 Å². The zero-order valence-electron chi connectivity index (χ0n) is 21.1. The van der Waals surface area contributed by atoms with E-state index in [9.17, 15) is 18.3 Å². The molecule has 4 rings (SSSR count). The number of carbonyl (C=O) groups is 1. The number of hydroxylamine groups is 1. The van der Waals surface area contributed by atoms with Gasteiger partial charge in [0.1, 0.15) is 12.0 Å². The maximum atomic E-state index is 13.6. The molecule has 1 heterocycles. The number of ether oxygens (including phenoxy) is 2. The van der Waals surface area contributed by atoms with E-state index in [0.717, 1.165) is 22.9 Å². The number of hydrogen-bond acceptors (Lipinski definition) is 8. The summed E-state index contributed by atoms with van der Waals surface area (Å²) in [7, 11) is -2.65. The first kappa shape index (κ1) is 27.6. The molecule has 0 aliphatic heterocycles. The Labute approximate surface area is 222 Å². The lowest BCUT2D eigenvalue weighted by molar-refractivity contribution is -0.145. The predicted molar refractivity (Wildman–Crippen MR) is 138 cm³/mol. The van der Waals surface area contributed by atoms with Crippen molar-refractivity contribution in [2.75, 3.05) is 13.7 Å². The molecule has 10 nitrogen and oxygen atoms in total. The normalized spacial score (nSPS) is 15.8. The molecule has 1 aromatic heterocycles. The summed E-state index contributed by atoms with van der Waals surface area (Å²) < 4.78 is 43.3. The summed E-state index contributed by atoms with van der Waals surface area (Å²) in [4.78, 5) is 18.5. The number of aliphatic hydroxyl groups excluding tert-OH is 1. The minimum absolute atomic E-state index is 0.00423. The van der Waals surface area contributed by atoms with Crippen LogP contribution in [0.3, 0.4) is 0 Å². The molecule has 1 aliphatic carbocycles. The largest absolute Gasteiger partial charge is 0.497 e. The molecule has 204 valence electrons. The van der Waals surface area contributed by atoms with Crippen molar-refractivity contribution in [1.29, 1.82) is 0 Å². The zero-order valence-corrected chi connectivity index (χ0v) is 21.9. The third-order valence-corrected chi connectivity index (χ3v) is 7.94. The number of sulfonamides is 1. The fourth-order valence-electron chi connectivity index (χ4n) is 4.25. The molecule has 3 aromatic rings. The Morgan fingerprint density at radius 1 is 1.08 bits per heavy atom. The van der Waals surface area contributed by atoms with Gasteiger partial charge in [0.05, 0.1) is 43.1 Å². The van der Waals surface area contributed by atoms with Crippen molar-refractivity contribution in [3.63, 3.8) is 0 Å². The highest BCUT2D eigenvalue weighted by atomic mass is 32.2. The van der Waals surface area contributed by atoms with Crippen LogP contribution < -0.4 is 14.8 Å². The van der Waals surface area contributed by atoms with Crippen LogP contribution in [-0.2, 0) is 21.3 Å². The lowest BCUT2D eigenvalue weighted by Gasteiger charge is -2.30. The van der Waals surface area contributed by atoms with Gasteiger partial charge in [0.2, 0.25) is 0 Å². The number of amides is 1. The van der Waals surface area contributed by atoms with Crippen molar-refractivity contribution in [3.8, 4) is 11.5 Å². The number of methoxy groups -OCH3 is 1. The first-order valence-corrected chi connectivity index (χ1v) is 13.9. The number of nitrogens with zero attached hydrogens (tertiary/aromatic N) is 1. The predicted octanol–water partition coefficient (Wildman–Crippen LogP) is 3.91. The van der Waals surface area contributed by atoms with Gasteiger partial charge >= 0.3 is 6.09 Å². The molecular weight excluding hydrogens is 512 g/mol. The lowest BCUT2D eigenvalue weighted by Crippen LogP contribution is -2.51. The van der Waals surface area contributed by atoms with Crippen LogP contribution in [0, 0.1) is 0 Å². The summed E-state index contributed by atoms with van der Waals surface area (Å²) in [6, 6.07) is 15.8. The number of benzene rings is 2. The molecule has 1 saturated carbocycles. The highest BCUT2D eigenvalue weighted by Crippen LogP contribution is 2.27. The molecule has 0 spiro atoms. The second-order valence-electron chi connectivity index (χ2n) is 9.03. The van der Waals surface area contributed by atoms with E-state index in [1.165, 1.54) is 37.8 Å². The first-order chi connectivity index (χ1) is 18.3. The molecular formula is C27H32N2O8S. The van der Waals surface area contributed by atoms with Gasteiger partial charge in [0.25, 0.3) is 10.0 Å². The first-order valence-electron chi connectivity index (χ1n) is 12.4. The number of nitrogens with one attached hydrogen (secondary N) is 1. The summed E-state index contributed by atoms with van der Waals surface area (Å²) >= 11 is 0. The summed E-state index contributed by atoms with van der Waals surface area (Å²) in [5.74, 6) is 0.708. The third kappa shape index (κ3) is 7.35. The quantitative estimate of drug-likeness (QED) is 0.329. The Hall–Kier alpha value is -3.38. The van der Waals surface area contributed by atoms with Gasteiger partial charge in [-0.2, -0.15) is 0 Å². The standard InChI is InChI=1S/C27H32N2O8S/c1-34-21-11-13-24(14-12-21)38(32,33)29(37-22-9-5-6-10-22)18-26(30)25(17-20-7-3-2-4-8-20)28-27(31)36-23-15-16-35-19-23/h2-4,7-8,11-16,19,22,25-26,30H,5-6,9-10,17-18H2,1H3,(H,28,31)/t25-,26+/m0/s1. The van der Waals surface area contributed by atoms with Crippen LogP contribution in [0.4, 0.5) is 4.79 Å². The third-order valence-electron chi connectivity index (χ3n) is 6.30. The van der Waals surface area contributed by atoms with Crippen molar-refractivity contribution in [3.05, 3.63) is 78.8 Å². The summed E-state index contributed by atoms with van der Waals surface area (Å²) in [5, 5.41) is 13.9. The zero-order chi connectivity index (χ0) is 27.0. The Balaban J connectivity index is 1.56. The SMILES string of the molecule is COc1ccc(S(=O)(=O)N(C[C@@H](O)[C@H](Cc2ccccc2)NC(=O)Oc2ccoc2)OC2CCCC2)cc1. The van der Waals surface area contributed by atoms with Gasteiger partial charge < -0.3 is 24.3 Å². The highest BCUT2D eigenvalue weighted by molar-refractivity contribution is 7.89. The van der Waals surface area contributed by atoms with Crippen molar-refractivity contribution in [2.45, 2.75) is 55.2 Å². The summed E-state index contributed by atoms with van der Waals surface area (Å²) in [5.41, 5.74) is 0.835. The van der Waals surface area contributed by atoms with Gasteiger partial charge in [-0.05, 0) is 49.1 Å². The minimum atomic E-state index is -4.15. The van der Waals surface area contributed by atoms with E-state index in [1.54, 1.807) is 12.1 Å². The monoisotopic (exact) mass is 544 g/mol. The summed E-state index contributed by atoms with van der Waals surface area (Å²) in [6.45, 7) is -0.408. The average Bonchev–Trinajstić information content (AvgIpc) is 3.63. The van der Waals surface area contributed by atoms with Crippen molar-refractivity contribution in [2.24, 2.45) is 0 Å². The fourth-order valence-corrected chi connectivity index (χ4v) is 5.55. The van der Waals surface area contributed by atoms with Crippen LogP contribution in [0.5, 0.6) is 11.5 Å². The van der Waals surface area contributed by atoms with Gasteiger partial charge in [0, 0.05) is 6.07 Å². The Kier molecular flexibility index (Phi) is 9.40. The number of carbonyl (C=O) groups excluding carboxylic acids is 1. The van der Waals surface area contributed by atoms with E-state index >= 15 is 0 Å². The van der Waals surface area contributed by atoms with Gasteiger partial charge in [-0.15, -0.1) is 0 Å². The van der Waals surface area contributed by atoms with E-state index in [-0.39, 0.29) is 23.2 Å². The second kappa shape index (κ2) is 12.9. The number of aliphatic hydroxyl groups is 1. The molecule has 38 heavy (non-hydrogen) atoms. The average molecular weight is 545 g/mol. The van der Waals surface area contributed by atoms with E-state index in [4.69, 9.17) is 18.7 Å². The molecule has 2 aromatic carbocycles. The maximum absolute atomic E-state index is 13.6. The van der Waals surface area contributed by atoms with Gasteiger partial charge in [-0.3, -0.25) is 4.84 Å². The fraction of sp³-hybridized carbons (Fsp3) is 0.370. The number of hydrogen-bond donors (Lipinski definition) is 2. The number of furan rings is 1. The van der Waals surface area contributed by atoms with Crippen LogP contribution in [-0.4, -0.2) is 56.0 Å². The van der Waals surface area contributed by atoms with Crippen molar-refractivity contribution >= 4 is 16.1 Å². The molecule has 2 atom stereocenters. The molecule has 0 radical (unpaired) electrons. The lowest BCUT2D eigenvalue weighted by atomic mass is 10.0. The van der Waals surface area contributed by atoms with Crippen molar-refractivity contribution in [1.82, 2.24) is 9.79 Å². The van der Waals surface area contributed by atoms with Crippen LogP contribution >= 0.6 is 0 Å². The minimum Gasteiger partial charge on any atom is -0.497 e. The highest BCUT2D eigenvalue weighted by Gasteiger charge is 2.34. The van der Waals surface area contributed by atoms with Crippen molar-refractivity contribution < 1.29 is 37.0 Å². The van der Waals surface area contributed by atoms with Gasteiger partial charge in [0.15, 0.2) is 5.75 Å².